The molecule has 6 nitrogen and oxygen atoms in total. The molecule has 0 spiro atoms. The van der Waals surface area contributed by atoms with E-state index in [0.717, 1.165) is 12.8 Å². The highest BCUT2D eigenvalue weighted by atomic mass is 32.1. The number of carbonyl (C=O) groups is 2. The van der Waals surface area contributed by atoms with Gasteiger partial charge >= 0.3 is 6.03 Å². The molecule has 0 bridgehead atoms. The van der Waals surface area contributed by atoms with Crippen LogP contribution in [0, 0.1) is 5.92 Å². The highest BCUT2D eigenvalue weighted by Gasteiger charge is 2.23. The largest absolute Gasteiger partial charge is 0.396 e. The van der Waals surface area contributed by atoms with Crippen molar-refractivity contribution >= 4 is 34.6 Å². The van der Waals surface area contributed by atoms with E-state index in [4.69, 9.17) is 0 Å². The molecule has 2 heterocycles. The van der Waals surface area contributed by atoms with Crippen LogP contribution in [-0.4, -0.2) is 41.6 Å². The third-order valence-corrected chi connectivity index (χ3v) is 5.05. The van der Waals surface area contributed by atoms with Crippen molar-refractivity contribution in [2.75, 3.05) is 30.3 Å². The highest BCUT2D eigenvalue weighted by molar-refractivity contribution is 7.12. The Morgan fingerprint density at radius 2 is 2.00 bits per heavy atom. The Bertz CT molecular complexity index is 733. The maximum atomic E-state index is 12.4. The monoisotopic (exact) mass is 359 g/mol. The van der Waals surface area contributed by atoms with Crippen molar-refractivity contribution in [1.82, 2.24) is 4.90 Å². The van der Waals surface area contributed by atoms with Gasteiger partial charge in [0, 0.05) is 31.1 Å². The molecule has 132 valence electrons. The number of hydrogen-bond acceptors (Lipinski definition) is 4. The molecule has 1 atom stereocenters. The van der Waals surface area contributed by atoms with Gasteiger partial charge in [0.1, 0.15) is 0 Å². The molecule has 1 aromatic carbocycles. The van der Waals surface area contributed by atoms with E-state index < -0.39 is 0 Å². The highest BCUT2D eigenvalue weighted by Crippen LogP contribution is 2.20. The molecule has 1 saturated heterocycles. The van der Waals surface area contributed by atoms with Crippen LogP contribution in [0.1, 0.15) is 22.5 Å². The summed E-state index contributed by atoms with van der Waals surface area (Å²) in [5, 5.41) is 16.8. The molecule has 0 radical (unpaired) electrons. The zero-order valence-electron chi connectivity index (χ0n) is 13.8. The van der Waals surface area contributed by atoms with Gasteiger partial charge in [-0.1, -0.05) is 12.1 Å². The zero-order chi connectivity index (χ0) is 17.6. The van der Waals surface area contributed by atoms with Gasteiger partial charge in [0.25, 0.3) is 5.91 Å². The standard InChI is InChI=1S/C18H21N3O3S/c22-12-13-4-2-8-21(11-13)18(24)20-15-6-1-5-14(10-15)19-17(23)16-7-3-9-25-16/h1,3,5-7,9-10,13,22H,2,4,8,11-12H2,(H,19,23)(H,20,24). The molecule has 3 rings (SSSR count). The predicted molar refractivity (Wildman–Crippen MR) is 99.1 cm³/mol. The molecule has 25 heavy (non-hydrogen) atoms. The Morgan fingerprint density at radius 1 is 1.20 bits per heavy atom. The summed E-state index contributed by atoms with van der Waals surface area (Å²) < 4.78 is 0. The quantitative estimate of drug-likeness (QED) is 0.784. The van der Waals surface area contributed by atoms with Crippen molar-refractivity contribution in [3.8, 4) is 0 Å². The third-order valence-electron chi connectivity index (χ3n) is 4.18. The van der Waals surface area contributed by atoms with Crippen molar-refractivity contribution in [2.24, 2.45) is 5.92 Å². The smallest absolute Gasteiger partial charge is 0.321 e. The summed E-state index contributed by atoms with van der Waals surface area (Å²) in [4.78, 5) is 26.9. The molecule has 1 aliphatic rings. The average Bonchev–Trinajstić information content (AvgIpc) is 3.17. The fourth-order valence-corrected chi connectivity index (χ4v) is 3.50. The number of carbonyl (C=O) groups excluding carboxylic acids is 2. The first-order valence-corrected chi connectivity index (χ1v) is 9.15. The molecule has 3 N–H and O–H groups in total. The second kappa shape index (κ2) is 8.13. The lowest BCUT2D eigenvalue weighted by Gasteiger charge is -2.31. The summed E-state index contributed by atoms with van der Waals surface area (Å²) in [7, 11) is 0. The lowest BCUT2D eigenvalue weighted by molar-refractivity contribution is 0.103. The van der Waals surface area contributed by atoms with Gasteiger partial charge in [-0.15, -0.1) is 11.3 Å². The van der Waals surface area contributed by atoms with Gasteiger partial charge in [0.2, 0.25) is 0 Å². The molecule has 1 unspecified atom stereocenters. The van der Waals surface area contributed by atoms with Crippen LogP contribution in [0.15, 0.2) is 41.8 Å². The molecule has 1 fully saturated rings. The van der Waals surface area contributed by atoms with Crippen LogP contribution in [-0.2, 0) is 0 Å². The SMILES string of the molecule is O=C(Nc1cccc(NC(=O)N2CCCC(CO)C2)c1)c1cccs1. The predicted octanol–water partition coefficient (Wildman–Crippen LogP) is 3.24. The van der Waals surface area contributed by atoms with E-state index in [1.165, 1.54) is 11.3 Å². The first-order chi connectivity index (χ1) is 12.2. The molecule has 3 amide bonds. The van der Waals surface area contributed by atoms with Crippen molar-refractivity contribution in [2.45, 2.75) is 12.8 Å². The van der Waals surface area contributed by atoms with Crippen LogP contribution in [0.3, 0.4) is 0 Å². The number of hydrogen-bond donors (Lipinski definition) is 3. The molecule has 1 aromatic heterocycles. The minimum Gasteiger partial charge on any atom is -0.396 e. The normalized spacial score (nSPS) is 17.2. The molecular formula is C18H21N3O3S. The Kier molecular flexibility index (Phi) is 5.67. The second-order valence-corrected chi connectivity index (χ2v) is 7.03. The maximum absolute atomic E-state index is 12.4. The minimum atomic E-state index is -0.181. The van der Waals surface area contributed by atoms with E-state index in [9.17, 15) is 14.7 Å². The Balaban J connectivity index is 1.61. The average molecular weight is 359 g/mol. The van der Waals surface area contributed by atoms with Crippen molar-refractivity contribution in [3.63, 3.8) is 0 Å². The van der Waals surface area contributed by atoms with Gasteiger partial charge in [-0.25, -0.2) is 4.79 Å². The number of urea groups is 1. The van der Waals surface area contributed by atoms with E-state index in [0.29, 0.717) is 29.3 Å². The first-order valence-electron chi connectivity index (χ1n) is 8.27. The van der Waals surface area contributed by atoms with Crippen molar-refractivity contribution in [1.29, 1.82) is 0 Å². The summed E-state index contributed by atoms with van der Waals surface area (Å²) in [5.74, 6) is -0.0174. The summed E-state index contributed by atoms with van der Waals surface area (Å²) in [6, 6.07) is 10.5. The third kappa shape index (κ3) is 4.58. The Morgan fingerprint density at radius 3 is 2.72 bits per heavy atom. The number of thiophene rings is 1. The van der Waals surface area contributed by atoms with E-state index in [2.05, 4.69) is 10.6 Å². The van der Waals surface area contributed by atoms with Crippen molar-refractivity contribution < 1.29 is 14.7 Å². The molecule has 1 aliphatic heterocycles. The van der Waals surface area contributed by atoms with Crippen molar-refractivity contribution in [3.05, 3.63) is 46.7 Å². The van der Waals surface area contributed by atoms with Gasteiger partial charge in [-0.3, -0.25) is 4.79 Å². The molecule has 7 heteroatoms. The molecule has 0 saturated carbocycles. The fourth-order valence-electron chi connectivity index (χ4n) is 2.88. The van der Waals surface area contributed by atoms with Gasteiger partial charge in [-0.2, -0.15) is 0 Å². The van der Waals surface area contributed by atoms with Gasteiger partial charge in [0.15, 0.2) is 0 Å². The summed E-state index contributed by atoms with van der Waals surface area (Å²) >= 11 is 1.38. The van der Waals surface area contributed by atoms with Crippen LogP contribution < -0.4 is 10.6 Å². The molecule has 0 aliphatic carbocycles. The van der Waals surface area contributed by atoms with E-state index in [1.54, 1.807) is 35.2 Å². The Hall–Kier alpha value is -2.38. The number of aliphatic hydroxyl groups is 1. The summed E-state index contributed by atoms with van der Waals surface area (Å²) in [6.45, 7) is 1.36. The lowest BCUT2D eigenvalue weighted by Crippen LogP contribution is -2.43. The number of likely N-dealkylation sites (tertiary alicyclic amines) is 1. The minimum absolute atomic E-state index is 0.105. The van der Waals surface area contributed by atoms with E-state index >= 15 is 0 Å². The lowest BCUT2D eigenvalue weighted by atomic mass is 9.99. The van der Waals surface area contributed by atoms with Crippen LogP contribution in [0.4, 0.5) is 16.2 Å². The number of amides is 3. The Labute approximate surface area is 150 Å². The van der Waals surface area contributed by atoms with E-state index in [1.807, 2.05) is 11.4 Å². The van der Waals surface area contributed by atoms with Gasteiger partial charge in [0.05, 0.1) is 4.88 Å². The number of benzene rings is 1. The number of aliphatic hydroxyl groups excluding tert-OH is 1. The van der Waals surface area contributed by atoms with Gasteiger partial charge < -0.3 is 20.6 Å². The van der Waals surface area contributed by atoms with Crippen LogP contribution >= 0.6 is 11.3 Å². The number of nitrogens with one attached hydrogen (secondary N) is 2. The molecular weight excluding hydrogens is 338 g/mol. The van der Waals surface area contributed by atoms with Crippen LogP contribution in [0.2, 0.25) is 0 Å². The number of anilines is 2. The summed E-state index contributed by atoms with van der Waals surface area (Å²) in [5.41, 5.74) is 1.25. The first kappa shape index (κ1) is 17.4. The topological polar surface area (TPSA) is 81.7 Å². The molecule has 2 aromatic rings. The zero-order valence-corrected chi connectivity index (χ0v) is 14.6. The van der Waals surface area contributed by atoms with Crippen LogP contribution in [0.5, 0.6) is 0 Å². The number of rotatable bonds is 4. The summed E-state index contributed by atoms with van der Waals surface area (Å²) in [6.07, 6.45) is 1.85. The second-order valence-electron chi connectivity index (χ2n) is 6.08. The fraction of sp³-hybridized carbons (Fsp3) is 0.333. The van der Waals surface area contributed by atoms with Crippen LogP contribution in [0.25, 0.3) is 0 Å². The maximum Gasteiger partial charge on any atom is 0.321 e. The van der Waals surface area contributed by atoms with Gasteiger partial charge in [-0.05, 0) is 48.4 Å². The number of nitrogens with zero attached hydrogens (tertiary/aromatic N) is 1. The van der Waals surface area contributed by atoms with E-state index in [-0.39, 0.29) is 24.5 Å². The number of piperidine rings is 1.